The molecule has 0 N–H and O–H groups in total. The average Bonchev–Trinajstić information content (AvgIpc) is 2.87. The van der Waals surface area contributed by atoms with Gasteiger partial charge in [-0.2, -0.15) is 18.2 Å². The van der Waals surface area contributed by atoms with E-state index in [1.165, 1.54) is 19.2 Å². The minimum Gasteiger partial charge on any atom is -0.496 e. The fourth-order valence-corrected chi connectivity index (χ4v) is 2.07. The summed E-state index contributed by atoms with van der Waals surface area (Å²) in [6.45, 7) is 0. The number of nitro groups is 1. The summed E-state index contributed by atoms with van der Waals surface area (Å²) < 4.78 is 47.1. The maximum Gasteiger partial charge on any atom is 0.434 e. The third-order valence-corrected chi connectivity index (χ3v) is 3.05. The van der Waals surface area contributed by atoms with Crippen LogP contribution in [0.25, 0.3) is 0 Å². The number of nitrogens with zero attached hydrogens (tertiary/aromatic N) is 2. The van der Waals surface area contributed by atoms with Crippen LogP contribution < -0.4 is 9.47 Å². The van der Waals surface area contributed by atoms with Crippen molar-refractivity contribution in [3.05, 3.63) is 39.4 Å². The van der Waals surface area contributed by atoms with E-state index in [1.807, 2.05) is 0 Å². The van der Waals surface area contributed by atoms with E-state index in [2.05, 4.69) is 4.98 Å². The summed E-state index contributed by atoms with van der Waals surface area (Å²) in [6.07, 6.45) is -4.59. The molecule has 2 aromatic rings. The van der Waals surface area contributed by atoms with Gasteiger partial charge in [0.2, 0.25) is 5.75 Å². The average molecular weight is 320 g/mol. The minimum atomic E-state index is -4.59. The number of aromatic nitrogens is 1. The summed E-state index contributed by atoms with van der Waals surface area (Å²) in [5.41, 5.74) is -1.54. The van der Waals surface area contributed by atoms with Crippen LogP contribution in [0.2, 0.25) is 0 Å². The highest BCUT2D eigenvalue weighted by molar-refractivity contribution is 7.11. The predicted octanol–water partition coefficient (Wildman–Crippen LogP) is 3.87. The Morgan fingerprint density at radius 2 is 2.10 bits per heavy atom. The van der Waals surface area contributed by atoms with Gasteiger partial charge >= 0.3 is 11.9 Å². The lowest BCUT2D eigenvalue weighted by molar-refractivity contribution is -0.385. The molecule has 112 valence electrons. The first kappa shape index (κ1) is 15.0. The van der Waals surface area contributed by atoms with Crippen LogP contribution in [0.1, 0.15) is 5.69 Å². The lowest BCUT2D eigenvalue weighted by Crippen LogP contribution is -2.04. The maximum absolute atomic E-state index is 12.4. The second-order valence-corrected chi connectivity index (χ2v) is 4.51. The monoisotopic (exact) mass is 320 g/mol. The van der Waals surface area contributed by atoms with E-state index in [9.17, 15) is 23.3 Å². The quantitative estimate of drug-likeness (QED) is 0.631. The summed E-state index contributed by atoms with van der Waals surface area (Å²) in [5.74, 6) is 0.00745. The Labute approximate surface area is 119 Å². The molecule has 0 aliphatic rings. The van der Waals surface area contributed by atoms with Gasteiger partial charge in [0, 0.05) is 5.38 Å². The first-order valence-corrected chi connectivity index (χ1v) is 6.22. The zero-order valence-corrected chi connectivity index (χ0v) is 11.2. The summed E-state index contributed by atoms with van der Waals surface area (Å²) in [4.78, 5) is 13.4. The van der Waals surface area contributed by atoms with Gasteiger partial charge in [0.05, 0.1) is 18.1 Å². The molecule has 0 amide bonds. The van der Waals surface area contributed by atoms with Crippen molar-refractivity contribution in [3.8, 4) is 16.7 Å². The van der Waals surface area contributed by atoms with E-state index in [-0.39, 0.29) is 16.7 Å². The van der Waals surface area contributed by atoms with Crippen molar-refractivity contribution in [1.29, 1.82) is 0 Å². The fourth-order valence-electron chi connectivity index (χ4n) is 1.38. The van der Waals surface area contributed by atoms with E-state index in [1.54, 1.807) is 0 Å². The number of hydrogen-bond acceptors (Lipinski definition) is 6. The highest BCUT2D eigenvalue weighted by Crippen LogP contribution is 2.38. The zero-order valence-electron chi connectivity index (χ0n) is 10.4. The maximum atomic E-state index is 12.4. The van der Waals surface area contributed by atoms with Crippen molar-refractivity contribution >= 4 is 17.0 Å². The molecule has 6 nitrogen and oxygen atoms in total. The molecule has 0 fully saturated rings. The molecule has 0 unspecified atom stereocenters. The van der Waals surface area contributed by atoms with E-state index >= 15 is 0 Å². The molecule has 1 heterocycles. The van der Waals surface area contributed by atoms with Crippen molar-refractivity contribution in [1.82, 2.24) is 4.98 Å². The smallest absolute Gasteiger partial charge is 0.434 e. The normalized spacial score (nSPS) is 11.2. The highest BCUT2D eigenvalue weighted by Gasteiger charge is 2.34. The van der Waals surface area contributed by atoms with Crippen LogP contribution in [0.4, 0.5) is 18.9 Å². The zero-order chi connectivity index (χ0) is 15.6. The molecule has 0 aliphatic carbocycles. The Morgan fingerprint density at radius 3 is 2.62 bits per heavy atom. The first-order valence-electron chi connectivity index (χ1n) is 5.34. The molecule has 10 heteroatoms. The standard InChI is InChI=1S/C11H7F3N2O4S/c1-19-6-2-3-8(7(4-6)16(17)18)20-10-15-9(5-21-10)11(12,13)14/h2-5H,1H3. The SMILES string of the molecule is COc1ccc(Oc2nc(C(F)(F)F)cs2)c([N+](=O)[O-])c1. The van der Waals surface area contributed by atoms with Crippen LogP contribution in [0.3, 0.4) is 0 Å². The van der Waals surface area contributed by atoms with Gasteiger partial charge in [0.1, 0.15) is 5.75 Å². The number of rotatable bonds is 4. The first-order chi connectivity index (χ1) is 9.81. The topological polar surface area (TPSA) is 74.5 Å². The molecule has 0 saturated carbocycles. The number of thiazole rings is 1. The Morgan fingerprint density at radius 1 is 1.38 bits per heavy atom. The van der Waals surface area contributed by atoms with Gasteiger partial charge in [-0.05, 0) is 12.1 Å². The van der Waals surface area contributed by atoms with Crippen LogP contribution in [-0.2, 0) is 6.18 Å². The largest absolute Gasteiger partial charge is 0.496 e. The van der Waals surface area contributed by atoms with E-state index < -0.39 is 22.5 Å². The number of alkyl halides is 3. The Balaban J connectivity index is 2.31. The predicted molar refractivity (Wildman–Crippen MR) is 66.8 cm³/mol. The van der Waals surface area contributed by atoms with Crippen molar-refractivity contribution in [2.75, 3.05) is 7.11 Å². The van der Waals surface area contributed by atoms with E-state index in [4.69, 9.17) is 9.47 Å². The molecule has 0 atom stereocenters. The highest BCUT2D eigenvalue weighted by atomic mass is 32.1. The van der Waals surface area contributed by atoms with Crippen LogP contribution in [-0.4, -0.2) is 17.0 Å². The van der Waals surface area contributed by atoms with Crippen LogP contribution >= 0.6 is 11.3 Å². The van der Waals surface area contributed by atoms with Gasteiger partial charge in [0.15, 0.2) is 5.69 Å². The van der Waals surface area contributed by atoms with E-state index in [0.717, 1.165) is 11.4 Å². The third kappa shape index (κ3) is 3.40. The molecule has 0 radical (unpaired) electrons. The molecule has 0 bridgehead atoms. The summed E-state index contributed by atoms with van der Waals surface area (Å²) in [5, 5.41) is 11.3. The lowest BCUT2D eigenvalue weighted by Gasteiger charge is -2.05. The molecule has 1 aromatic heterocycles. The number of methoxy groups -OCH3 is 1. The molecular weight excluding hydrogens is 313 g/mol. The number of benzene rings is 1. The van der Waals surface area contributed by atoms with Crippen molar-refractivity contribution in [3.63, 3.8) is 0 Å². The van der Waals surface area contributed by atoms with Gasteiger partial charge in [-0.3, -0.25) is 10.1 Å². The second-order valence-electron chi connectivity index (χ2n) is 3.69. The van der Waals surface area contributed by atoms with Gasteiger partial charge in [-0.1, -0.05) is 11.3 Å². The van der Waals surface area contributed by atoms with E-state index in [0.29, 0.717) is 11.3 Å². The van der Waals surface area contributed by atoms with Gasteiger partial charge in [-0.25, -0.2) is 0 Å². The molecular formula is C11H7F3N2O4S. The molecule has 0 aliphatic heterocycles. The third-order valence-electron chi connectivity index (χ3n) is 2.33. The second kappa shape index (κ2) is 5.56. The molecule has 1 aromatic carbocycles. The minimum absolute atomic E-state index is 0.219. The van der Waals surface area contributed by atoms with Crippen LogP contribution in [0.5, 0.6) is 16.7 Å². The number of ether oxygens (including phenoxy) is 2. The number of hydrogen-bond donors (Lipinski definition) is 0. The Hall–Kier alpha value is -2.36. The van der Waals surface area contributed by atoms with Crippen molar-refractivity contribution in [2.45, 2.75) is 6.18 Å². The van der Waals surface area contributed by atoms with Gasteiger partial charge in [0.25, 0.3) is 5.19 Å². The number of nitro benzene ring substituents is 1. The Kier molecular flexibility index (Phi) is 3.98. The number of halogens is 3. The van der Waals surface area contributed by atoms with Crippen LogP contribution in [0, 0.1) is 10.1 Å². The summed E-state index contributed by atoms with van der Waals surface area (Å²) in [7, 11) is 1.33. The summed E-state index contributed by atoms with van der Waals surface area (Å²) >= 11 is 0.594. The lowest BCUT2D eigenvalue weighted by atomic mass is 10.3. The van der Waals surface area contributed by atoms with Crippen molar-refractivity contribution in [2.24, 2.45) is 0 Å². The van der Waals surface area contributed by atoms with Crippen LogP contribution in [0.15, 0.2) is 23.6 Å². The molecule has 2 rings (SSSR count). The van der Waals surface area contributed by atoms with Gasteiger partial charge < -0.3 is 9.47 Å². The molecule has 0 spiro atoms. The van der Waals surface area contributed by atoms with Gasteiger partial charge in [-0.15, -0.1) is 0 Å². The van der Waals surface area contributed by atoms with Crippen molar-refractivity contribution < 1.29 is 27.6 Å². The molecule has 0 saturated heterocycles. The molecule has 21 heavy (non-hydrogen) atoms. The Bertz CT molecular complexity index is 672. The fraction of sp³-hybridized carbons (Fsp3) is 0.182. The summed E-state index contributed by atoms with van der Waals surface area (Å²) in [6, 6.07) is 3.72.